The second-order valence-corrected chi connectivity index (χ2v) is 2.70. The van der Waals surface area contributed by atoms with Crippen LogP contribution in [0.25, 0.3) is 0 Å². The maximum Gasteiger partial charge on any atom is 0.173 e. The van der Waals surface area contributed by atoms with Gasteiger partial charge >= 0.3 is 0 Å². The van der Waals surface area contributed by atoms with E-state index in [1.165, 1.54) is 0 Å². The van der Waals surface area contributed by atoms with Crippen LogP contribution in [0.15, 0.2) is 0 Å². The lowest BCUT2D eigenvalue weighted by Gasteiger charge is -2.23. The summed E-state index contributed by atoms with van der Waals surface area (Å²) >= 11 is 0. The molecule has 0 aliphatic carbocycles. The van der Waals surface area contributed by atoms with Crippen LogP contribution in [0.5, 0.6) is 0 Å². The molecule has 3 atom stereocenters. The molecule has 52 valence electrons. The van der Waals surface area contributed by atoms with Crippen LogP contribution in [0, 0.1) is 0 Å². The first kappa shape index (κ1) is 5.65. The molecule has 0 aromatic rings. The molecule has 0 unspecified atom stereocenters. The Balaban J connectivity index is 2.05. The van der Waals surface area contributed by atoms with Gasteiger partial charge in [0, 0.05) is 0 Å². The summed E-state index contributed by atoms with van der Waals surface area (Å²) in [4.78, 5) is 0. The van der Waals surface area contributed by atoms with Crippen molar-refractivity contribution in [1.82, 2.24) is 0 Å². The third kappa shape index (κ3) is 0.852. The summed E-state index contributed by atoms with van der Waals surface area (Å²) in [6, 6.07) is 0.115. The van der Waals surface area contributed by atoms with E-state index in [9.17, 15) is 0 Å². The summed E-state index contributed by atoms with van der Waals surface area (Å²) in [5.41, 5.74) is 5.67. The van der Waals surface area contributed by atoms with E-state index < -0.39 is 0 Å². The van der Waals surface area contributed by atoms with E-state index in [1.54, 1.807) is 0 Å². The van der Waals surface area contributed by atoms with Crippen molar-refractivity contribution in [1.29, 1.82) is 0 Å². The summed E-state index contributed by atoms with van der Waals surface area (Å²) in [6.45, 7) is 0.748. The van der Waals surface area contributed by atoms with Gasteiger partial charge in [-0.05, 0) is 12.8 Å². The van der Waals surface area contributed by atoms with Gasteiger partial charge in [-0.3, -0.25) is 0 Å². The van der Waals surface area contributed by atoms with Gasteiger partial charge in [-0.15, -0.1) is 0 Å². The van der Waals surface area contributed by atoms with Crippen LogP contribution in [0.3, 0.4) is 0 Å². The van der Waals surface area contributed by atoms with E-state index in [4.69, 9.17) is 15.2 Å². The van der Waals surface area contributed by atoms with Gasteiger partial charge in [-0.1, -0.05) is 0 Å². The lowest BCUT2D eigenvalue weighted by molar-refractivity contribution is -0.0942. The fourth-order valence-corrected chi connectivity index (χ4v) is 1.36. The molecule has 9 heavy (non-hydrogen) atoms. The normalized spacial score (nSPS) is 49.7. The molecule has 3 heteroatoms. The topological polar surface area (TPSA) is 44.5 Å². The molecular weight excluding hydrogens is 118 g/mol. The first-order valence-corrected chi connectivity index (χ1v) is 3.39. The minimum atomic E-state index is -0.0938. The molecule has 0 saturated carbocycles. The molecule has 2 fully saturated rings. The minimum absolute atomic E-state index is 0.0938. The smallest absolute Gasteiger partial charge is 0.173 e. The molecule has 2 heterocycles. The van der Waals surface area contributed by atoms with Gasteiger partial charge in [0.2, 0.25) is 0 Å². The molecule has 2 bridgehead atoms. The van der Waals surface area contributed by atoms with Crippen molar-refractivity contribution >= 4 is 0 Å². The zero-order chi connectivity index (χ0) is 6.27. The van der Waals surface area contributed by atoms with Gasteiger partial charge in [-0.2, -0.15) is 0 Å². The summed E-state index contributed by atoms with van der Waals surface area (Å²) < 4.78 is 10.6. The molecule has 3 nitrogen and oxygen atoms in total. The highest BCUT2D eigenvalue weighted by Gasteiger charge is 2.35. The van der Waals surface area contributed by atoms with E-state index in [0.29, 0.717) is 6.10 Å². The third-order valence-electron chi connectivity index (χ3n) is 1.94. The zero-order valence-electron chi connectivity index (χ0n) is 5.25. The van der Waals surface area contributed by atoms with E-state index >= 15 is 0 Å². The van der Waals surface area contributed by atoms with E-state index in [-0.39, 0.29) is 12.3 Å². The predicted octanol–water partition coefficient (Wildman–Crippen LogP) is -0.151. The highest BCUT2D eigenvalue weighted by molar-refractivity contribution is 4.80. The number of fused-ring (bicyclic) bond motifs is 2. The molecule has 2 saturated heterocycles. The molecule has 2 aliphatic rings. The molecule has 0 aromatic carbocycles. The SMILES string of the molecule is N[C@H]1CC[C@H]2CO[C@H]1O2. The average Bonchev–Trinajstić information content (AvgIpc) is 2.25. The molecule has 2 rings (SSSR count). The number of hydrogen-bond acceptors (Lipinski definition) is 3. The molecule has 0 radical (unpaired) electrons. The number of rotatable bonds is 0. The van der Waals surface area contributed by atoms with Gasteiger partial charge in [0.15, 0.2) is 6.29 Å². The molecule has 0 amide bonds. The average molecular weight is 129 g/mol. The van der Waals surface area contributed by atoms with E-state index in [1.807, 2.05) is 0 Å². The van der Waals surface area contributed by atoms with Crippen LogP contribution < -0.4 is 5.73 Å². The second-order valence-electron chi connectivity index (χ2n) is 2.70. The Labute approximate surface area is 54.1 Å². The quantitative estimate of drug-likeness (QED) is 0.494. The van der Waals surface area contributed by atoms with Crippen molar-refractivity contribution in [2.45, 2.75) is 31.3 Å². The van der Waals surface area contributed by atoms with E-state index in [0.717, 1.165) is 19.4 Å². The Kier molecular flexibility index (Phi) is 1.22. The van der Waals surface area contributed by atoms with Crippen LogP contribution in [0.1, 0.15) is 12.8 Å². The highest BCUT2D eigenvalue weighted by Crippen LogP contribution is 2.25. The first-order chi connectivity index (χ1) is 4.36. The van der Waals surface area contributed by atoms with Crippen LogP contribution in [0.2, 0.25) is 0 Å². The standard InChI is InChI=1S/C6H11NO2/c7-5-2-1-4-3-8-6(5)9-4/h4-6H,1-3,7H2/t4-,5-,6-/m0/s1. The largest absolute Gasteiger partial charge is 0.348 e. The molecular formula is C6H11NO2. The lowest BCUT2D eigenvalue weighted by atomic mass is 10.1. The maximum absolute atomic E-state index is 5.67. The van der Waals surface area contributed by atoms with E-state index in [2.05, 4.69) is 0 Å². The maximum atomic E-state index is 5.67. The van der Waals surface area contributed by atoms with Crippen LogP contribution >= 0.6 is 0 Å². The summed E-state index contributed by atoms with van der Waals surface area (Å²) in [7, 11) is 0. The molecule has 2 aliphatic heterocycles. The number of ether oxygens (including phenoxy) is 2. The molecule has 2 N–H and O–H groups in total. The van der Waals surface area contributed by atoms with Gasteiger partial charge in [0.05, 0.1) is 18.8 Å². The van der Waals surface area contributed by atoms with Crippen LogP contribution in [-0.4, -0.2) is 25.0 Å². The molecule has 0 spiro atoms. The third-order valence-corrected chi connectivity index (χ3v) is 1.94. The van der Waals surface area contributed by atoms with Crippen molar-refractivity contribution in [3.8, 4) is 0 Å². The highest BCUT2D eigenvalue weighted by atomic mass is 16.7. The van der Waals surface area contributed by atoms with Gasteiger partial charge in [0.1, 0.15) is 0 Å². The Morgan fingerprint density at radius 1 is 1.33 bits per heavy atom. The van der Waals surface area contributed by atoms with Crippen molar-refractivity contribution in [2.24, 2.45) is 5.73 Å². The predicted molar refractivity (Wildman–Crippen MR) is 31.8 cm³/mol. The summed E-state index contributed by atoms with van der Waals surface area (Å²) in [6.07, 6.45) is 2.37. The summed E-state index contributed by atoms with van der Waals surface area (Å²) in [5.74, 6) is 0. The van der Waals surface area contributed by atoms with Gasteiger partial charge in [-0.25, -0.2) is 0 Å². The van der Waals surface area contributed by atoms with Crippen molar-refractivity contribution in [3.05, 3.63) is 0 Å². The van der Waals surface area contributed by atoms with Gasteiger partial charge < -0.3 is 15.2 Å². The first-order valence-electron chi connectivity index (χ1n) is 3.39. The fraction of sp³-hybridized carbons (Fsp3) is 1.00. The Morgan fingerprint density at radius 2 is 2.22 bits per heavy atom. The van der Waals surface area contributed by atoms with Crippen molar-refractivity contribution < 1.29 is 9.47 Å². The fourth-order valence-electron chi connectivity index (χ4n) is 1.36. The Hall–Kier alpha value is -0.120. The van der Waals surface area contributed by atoms with Crippen LogP contribution in [0.4, 0.5) is 0 Å². The second kappa shape index (κ2) is 1.94. The van der Waals surface area contributed by atoms with Gasteiger partial charge in [0.25, 0.3) is 0 Å². The van der Waals surface area contributed by atoms with Crippen molar-refractivity contribution in [2.75, 3.05) is 6.61 Å². The zero-order valence-corrected chi connectivity index (χ0v) is 5.25. The lowest BCUT2D eigenvalue weighted by Crippen LogP contribution is -2.39. The molecule has 0 aromatic heterocycles. The number of hydrogen-bond donors (Lipinski definition) is 1. The minimum Gasteiger partial charge on any atom is -0.348 e. The Morgan fingerprint density at radius 3 is 3.00 bits per heavy atom. The van der Waals surface area contributed by atoms with Crippen LogP contribution in [-0.2, 0) is 9.47 Å². The number of nitrogens with two attached hydrogens (primary N) is 1. The summed E-state index contributed by atoms with van der Waals surface area (Å²) in [5, 5.41) is 0. The monoisotopic (exact) mass is 129 g/mol. The van der Waals surface area contributed by atoms with Crippen molar-refractivity contribution in [3.63, 3.8) is 0 Å². The Bertz CT molecular complexity index is 118.